The first-order chi connectivity index (χ1) is 12.2. The first-order valence-corrected chi connectivity index (χ1v) is 9.84. The third-order valence-corrected chi connectivity index (χ3v) is 5.37. The van der Waals surface area contributed by atoms with Crippen LogP contribution < -0.4 is 10.1 Å². The first kappa shape index (κ1) is 20.6. The molecule has 2 rings (SSSR count). The molecule has 0 unspecified atom stereocenters. The SMILES string of the molecule is CCCCN1N=C(C(C)(C)C)S/C1=C\C(=O)Nc1cc(Cl)ccc1OC. The second-order valence-electron chi connectivity index (χ2n) is 7.05. The van der Waals surface area contributed by atoms with Gasteiger partial charge in [-0.2, -0.15) is 5.10 Å². The average Bonchev–Trinajstić information content (AvgIpc) is 2.96. The molecule has 0 radical (unpaired) electrons. The van der Waals surface area contributed by atoms with Gasteiger partial charge in [-0.1, -0.05) is 57.5 Å². The number of carbonyl (C=O) groups is 1. The lowest BCUT2D eigenvalue weighted by atomic mass is 9.99. The van der Waals surface area contributed by atoms with Gasteiger partial charge in [-0.25, -0.2) is 0 Å². The van der Waals surface area contributed by atoms with E-state index in [0.717, 1.165) is 29.5 Å². The van der Waals surface area contributed by atoms with Crippen LogP contribution in [0.4, 0.5) is 5.69 Å². The Morgan fingerprint density at radius 3 is 2.77 bits per heavy atom. The Bertz CT molecular complexity index is 726. The van der Waals surface area contributed by atoms with Crippen LogP contribution in [-0.4, -0.2) is 29.6 Å². The fourth-order valence-corrected chi connectivity index (χ4v) is 3.48. The van der Waals surface area contributed by atoms with Gasteiger partial charge in [0.2, 0.25) is 0 Å². The van der Waals surface area contributed by atoms with Crippen molar-refractivity contribution in [2.24, 2.45) is 10.5 Å². The Labute approximate surface area is 164 Å². The van der Waals surface area contributed by atoms with Crippen molar-refractivity contribution in [2.75, 3.05) is 19.0 Å². The van der Waals surface area contributed by atoms with E-state index in [1.165, 1.54) is 0 Å². The third-order valence-electron chi connectivity index (χ3n) is 3.71. The summed E-state index contributed by atoms with van der Waals surface area (Å²) in [6.07, 6.45) is 3.67. The number of thioether (sulfide) groups is 1. The van der Waals surface area contributed by atoms with E-state index in [-0.39, 0.29) is 11.3 Å². The van der Waals surface area contributed by atoms with Crippen LogP contribution in [0.2, 0.25) is 5.02 Å². The average molecular weight is 396 g/mol. The number of hydrogen-bond donors (Lipinski definition) is 1. The van der Waals surface area contributed by atoms with Gasteiger partial charge in [0, 0.05) is 23.1 Å². The van der Waals surface area contributed by atoms with Gasteiger partial charge in [-0.05, 0) is 24.6 Å². The number of hydrogen-bond acceptors (Lipinski definition) is 5. The van der Waals surface area contributed by atoms with E-state index in [2.05, 4.69) is 33.0 Å². The lowest BCUT2D eigenvalue weighted by Gasteiger charge is -2.15. The molecule has 0 aromatic heterocycles. The standard InChI is InChI=1S/C19H26ClN3O2S/c1-6-7-10-23-17(26-18(22-23)19(2,3)4)12-16(24)21-14-11-13(20)8-9-15(14)25-5/h8-9,11-12H,6-7,10H2,1-5H3,(H,21,24)/b17-12-. The number of carbonyl (C=O) groups excluding carboxylic acids is 1. The van der Waals surface area contributed by atoms with Crippen molar-refractivity contribution in [3.63, 3.8) is 0 Å². The van der Waals surface area contributed by atoms with Crippen LogP contribution in [0.5, 0.6) is 5.75 Å². The number of benzene rings is 1. The van der Waals surface area contributed by atoms with E-state index < -0.39 is 0 Å². The first-order valence-electron chi connectivity index (χ1n) is 8.65. The summed E-state index contributed by atoms with van der Waals surface area (Å²) in [5, 5.41) is 11.8. The van der Waals surface area contributed by atoms with Crippen LogP contribution in [0, 0.1) is 5.41 Å². The van der Waals surface area contributed by atoms with Crippen molar-refractivity contribution in [1.82, 2.24) is 5.01 Å². The predicted octanol–water partition coefficient (Wildman–Crippen LogP) is 5.34. The Morgan fingerprint density at radius 1 is 1.42 bits per heavy atom. The third kappa shape index (κ3) is 5.42. The number of rotatable bonds is 6. The number of amides is 1. The molecule has 0 saturated carbocycles. The van der Waals surface area contributed by atoms with Crippen LogP contribution in [0.25, 0.3) is 0 Å². The smallest absolute Gasteiger partial charge is 0.251 e. The normalized spacial score (nSPS) is 16.0. The van der Waals surface area contributed by atoms with Crippen LogP contribution in [0.3, 0.4) is 0 Å². The van der Waals surface area contributed by atoms with Crippen molar-refractivity contribution < 1.29 is 9.53 Å². The fourth-order valence-electron chi connectivity index (χ4n) is 2.27. The van der Waals surface area contributed by atoms with Gasteiger partial charge in [0.25, 0.3) is 5.91 Å². The van der Waals surface area contributed by atoms with E-state index in [4.69, 9.17) is 21.4 Å². The van der Waals surface area contributed by atoms with Gasteiger partial charge in [0.15, 0.2) is 0 Å². The molecule has 0 atom stereocenters. The molecule has 1 N–H and O–H groups in total. The number of halogens is 1. The highest BCUT2D eigenvalue weighted by atomic mass is 35.5. The summed E-state index contributed by atoms with van der Waals surface area (Å²) in [6.45, 7) is 9.30. The molecule has 0 bridgehead atoms. The van der Waals surface area contributed by atoms with E-state index in [9.17, 15) is 4.79 Å². The Kier molecular flexibility index (Phi) is 7.01. The number of hydrazone groups is 1. The fraction of sp³-hybridized carbons (Fsp3) is 0.474. The number of unbranched alkanes of at least 4 members (excludes halogenated alkanes) is 1. The topological polar surface area (TPSA) is 53.9 Å². The van der Waals surface area contributed by atoms with Gasteiger partial charge in [0.05, 0.1) is 12.8 Å². The monoisotopic (exact) mass is 395 g/mol. The zero-order valence-corrected chi connectivity index (χ0v) is 17.5. The number of nitrogens with one attached hydrogen (secondary N) is 1. The zero-order valence-electron chi connectivity index (χ0n) is 15.9. The molecule has 142 valence electrons. The van der Waals surface area contributed by atoms with E-state index in [1.54, 1.807) is 43.1 Å². The van der Waals surface area contributed by atoms with E-state index in [1.807, 2.05) is 5.01 Å². The largest absolute Gasteiger partial charge is 0.495 e. The predicted molar refractivity (Wildman–Crippen MR) is 111 cm³/mol. The molecular weight excluding hydrogens is 370 g/mol. The second kappa shape index (κ2) is 8.82. The van der Waals surface area contributed by atoms with Crippen molar-refractivity contribution in [3.05, 3.63) is 34.3 Å². The molecule has 1 aromatic rings. The zero-order chi connectivity index (χ0) is 19.3. The molecule has 26 heavy (non-hydrogen) atoms. The Balaban J connectivity index is 2.18. The van der Waals surface area contributed by atoms with Crippen molar-refractivity contribution >= 4 is 40.0 Å². The van der Waals surface area contributed by atoms with Gasteiger partial charge >= 0.3 is 0 Å². The molecule has 0 aliphatic carbocycles. The van der Waals surface area contributed by atoms with Crippen molar-refractivity contribution in [2.45, 2.75) is 40.5 Å². The molecule has 7 heteroatoms. The molecule has 0 fully saturated rings. The summed E-state index contributed by atoms with van der Waals surface area (Å²) in [5.41, 5.74) is 0.485. The molecule has 0 saturated heterocycles. The number of methoxy groups -OCH3 is 1. The molecule has 1 heterocycles. The Morgan fingerprint density at radius 2 is 2.15 bits per heavy atom. The summed E-state index contributed by atoms with van der Waals surface area (Å²) in [4.78, 5) is 12.5. The summed E-state index contributed by atoms with van der Waals surface area (Å²) in [6, 6.07) is 5.12. The summed E-state index contributed by atoms with van der Waals surface area (Å²) in [5.74, 6) is 0.328. The molecular formula is C19H26ClN3O2S. The molecule has 0 spiro atoms. The number of nitrogens with zero attached hydrogens (tertiary/aromatic N) is 2. The Hall–Kier alpha value is -1.66. The number of ether oxygens (including phenoxy) is 1. The van der Waals surface area contributed by atoms with Crippen LogP contribution in [-0.2, 0) is 4.79 Å². The van der Waals surface area contributed by atoms with Gasteiger partial charge < -0.3 is 10.1 Å². The van der Waals surface area contributed by atoms with E-state index in [0.29, 0.717) is 16.5 Å². The lowest BCUT2D eigenvalue weighted by Crippen LogP contribution is -2.17. The number of anilines is 1. The van der Waals surface area contributed by atoms with Crippen LogP contribution in [0.1, 0.15) is 40.5 Å². The molecule has 1 amide bonds. The molecule has 1 aliphatic heterocycles. The maximum atomic E-state index is 12.5. The molecule has 1 aromatic carbocycles. The minimum Gasteiger partial charge on any atom is -0.495 e. The minimum absolute atomic E-state index is 0.0582. The lowest BCUT2D eigenvalue weighted by molar-refractivity contribution is -0.112. The highest BCUT2D eigenvalue weighted by molar-refractivity contribution is 8.17. The summed E-state index contributed by atoms with van der Waals surface area (Å²) < 4.78 is 5.27. The van der Waals surface area contributed by atoms with Gasteiger partial charge in [0.1, 0.15) is 15.8 Å². The van der Waals surface area contributed by atoms with Gasteiger partial charge in [-0.3, -0.25) is 9.80 Å². The summed E-state index contributed by atoms with van der Waals surface area (Å²) >= 11 is 7.57. The van der Waals surface area contributed by atoms with E-state index >= 15 is 0 Å². The molecule has 1 aliphatic rings. The highest BCUT2D eigenvalue weighted by Gasteiger charge is 2.30. The van der Waals surface area contributed by atoms with Gasteiger partial charge in [-0.15, -0.1) is 0 Å². The highest BCUT2D eigenvalue weighted by Crippen LogP contribution is 2.38. The van der Waals surface area contributed by atoms with Crippen molar-refractivity contribution in [1.29, 1.82) is 0 Å². The maximum Gasteiger partial charge on any atom is 0.251 e. The van der Waals surface area contributed by atoms with Crippen molar-refractivity contribution in [3.8, 4) is 5.75 Å². The maximum absolute atomic E-state index is 12.5. The minimum atomic E-state index is -0.236. The summed E-state index contributed by atoms with van der Waals surface area (Å²) in [7, 11) is 1.56. The quantitative estimate of drug-likeness (QED) is 0.661. The second-order valence-corrected chi connectivity index (χ2v) is 8.50. The molecule has 5 nitrogen and oxygen atoms in total. The van der Waals surface area contributed by atoms with Crippen LogP contribution >= 0.6 is 23.4 Å². The van der Waals surface area contributed by atoms with Crippen LogP contribution in [0.15, 0.2) is 34.4 Å².